The highest BCUT2D eigenvalue weighted by molar-refractivity contribution is 4.82. The summed E-state index contributed by atoms with van der Waals surface area (Å²) in [6.07, 6.45) is 4.28. The molecule has 0 aromatic heterocycles. The van der Waals surface area contributed by atoms with Gasteiger partial charge < -0.3 is 0 Å². The zero-order chi connectivity index (χ0) is 7.61. The van der Waals surface area contributed by atoms with Gasteiger partial charge in [-0.05, 0) is 19.8 Å². The van der Waals surface area contributed by atoms with Crippen molar-refractivity contribution in [3.05, 3.63) is 0 Å². The number of nitrogens with zero attached hydrogens (tertiary/aromatic N) is 1. The Kier molecular flexibility index (Phi) is 2.24. The molecular formula is C7H13F2N. The van der Waals surface area contributed by atoms with E-state index in [-0.39, 0.29) is 0 Å². The van der Waals surface area contributed by atoms with Gasteiger partial charge in [-0.1, -0.05) is 19.3 Å². The first-order chi connectivity index (χ1) is 4.65. The van der Waals surface area contributed by atoms with Crippen LogP contribution in [0.15, 0.2) is 0 Å². The van der Waals surface area contributed by atoms with E-state index in [4.69, 9.17) is 0 Å². The van der Waals surface area contributed by atoms with Crippen LogP contribution in [0.3, 0.4) is 0 Å². The van der Waals surface area contributed by atoms with E-state index < -0.39 is 10.9 Å². The first kappa shape index (κ1) is 7.92. The lowest BCUT2D eigenvalue weighted by Crippen LogP contribution is -2.38. The molecule has 1 fully saturated rings. The molecule has 0 heterocycles. The van der Waals surface area contributed by atoms with Crippen molar-refractivity contribution in [2.45, 2.75) is 44.6 Å². The van der Waals surface area contributed by atoms with Crippen molar-refractivity contribution < 1.29 is 8.96 Å². The van der Waals surface area contributed by atoms with Crippen LogP contribution in [0.25, 0.3) is 0 Å². The van der Waals surface area contributed by atoms with Crippen molar-refractivity contribution >= 4 is 0 Å². The molecule has 0 N–H and O–H groups in total. The summed E-state index contributed by atoms with van der Waals surface area (Å²) in [5.41, 5.74) is -0.821. The van der Waals surface area contributed by atoms with Crippen molar-refractivity contribution in [3.63, 3.8) is 0 Å². The first-order valence-electron chi connectivity index (χ1n) is 3.77. The summed E-state index contributed by atoms with van der Waals surface area (Å²) in [4.78, 5) is 0. The number of rotatable bonds is 1. The van der Waals surface area contributed by atoms with Crippen LogP contribution < -0.4 is 0 Å². The van der Waals surface area contributed by atoms with Crippen molar-refractivity contribution in [3.8, 4) is 0 Å². The van der Waals surface area contributed by atoms with Crippen molar-refractivity contribution in [1.29, 1.82) is 0 Å². The average molecular weight is 149 g/mol. The van der Waals surface area contributed by atoms with Crippen LogP contribution in [0.1, 0.15) is 39.0 Å². The number of halogens is 2. The Labute approximate surface area is 59.9 Å². The van der Waals surface area contributed by atoms with Gasteiger partial charge in [0.25, 0.3) is 0 Å². The molecule has 0 amide bonds. The van der Waals surface area contributed by atoms with E-state index in [1.807, 2.05) is 0 Å². The maximum Gasteiger partial charge on any atom is 0.0811 e. The number of hydrogen-bond acceptors (Lipinski definition) is 1. The van der Waals surface area contributed by atoms with Crippen LogP contribution in [0.4, 0.5) is 8.96 Å². The van der Waals surface area contributed by atoms with Crippen LogP contribution in [0, 0.1) is 0 Å². The quantitative estimate of drug-likeness (QED) is 0.518. The fraction of sp³-hybridized carbons (Fsp3) is 1.00. The Hall–Kier alpha value is -0.180. The molecule has 1 rings (SSSR count). The third kappa shape index (κ3) is 1.45. The maximum absolute atomic E-state index is 12.1. The molecule has 0 radical (unpaired) electrons. The zero-order valence-corrected chi connectivity index (χ0v) is 6.24. The lowest BCUT2D eigenvalue weighted by Gasteiger charge is -2.32. The molecule has 0 unspecified atom stereocenters. The third-order valence-electron chi connectivity index (χ3n) is 2.34. The largest absolute Gasteiger partial charge is 0.101 e. The molecule has 1 aliphatic carbocycles. The molecule has 10 heavy (non-hydrogen) atoms. The van der Waals surface area contributed by atoms with Gasteiger partial charge in [-0.3, -0.25) is 0 Å². The lowest BCUT2D eigenvalue weighted by atomic mass is 9.84. The van der Waals surface area contributed by atoms with Crippen LogP contribution in [0.2, 0.25) is 0 Å². The molecule has 1 nitrogen and oxygen atoms in total. The molecule has 0 atom stereocenters. The van der Waals surface area contributed by atoms with Gasteiger partial charge in [0.2, 0.25) is 0 Å². The van der Waals surface area contributed by atoms with Crippen molar-refractivity contribution in [2.75, 3.05) is 0 Å². The third-order valence-corrected chi connectivity index (χ3v) is 2.34. The van der Waals surface area contributed by atoms with E-state index in [0.29, 0.717) is 12.8 Å². The predicted molar refractivity (Wildman–Crippen MR) is 35.5 cm³/mol. The molecule has 0 saturated heterocycles. The SMILES string of the molecule is CC1(N(F)F)CCCCC1. The van der Waals surface area contributed by atoms with Gasteiger partial charge >= 0.3 is 0 Å². The molecule has 0 aliphatic heterocycles. The maximum atomic E-state index is 12.1. The van der Waals surface area contributed by atoms with Gasteiger partial charge in [0, 0.05) is 5.34 Å². The van der Waals surface area contributed by atoms with E-state index in [1.54, 1.807) is 6.92 Å². The summed E-state index contributed by atoms with van der Waals surface area (Å²) in [5.74, 6) is 0. The minimum absolute atomic E-state index is 0.619. The molecule has 60 valence electrons. The van der Waals surface area contributed by atoms with Gasteiger partial charge in [0.05, 0.1) is 5.54 Å². The summed E-state index contributed by atoms with van der Waals surface area (Å²) >= 11 is 0. The summed E-state index contributed by atoms with van der Waals surface area (Å²) in [6, 6.07) is 0. The fourth-order valence-corrected chi connectivity index (χ4v) is 1.48. The Bertz CT molecular complexity index is 108. The summed E-state index contributed by atoms with van der Waals surface area (Å²) < 4.78 is 24.3. The Morgan fingerprint density at radius 3 is 1.90 bits per heavy atom. The van der Waals surface area contributed by atoms with Crippen molar-refractivity contribution in [2.24, 2.45) is 0 Å². The van der Waals surface area contributed by atoms with Gasteiger partial charge in [0.1, 0.15) is 0 Å². The van der Waals surface area contributed by atoms with E-state index in [0.717, 1.165) is 19.3 Å². The Morgan fingerprint density at radius 2 is 1.60 bits per heavy atom. The highest BCUT2D eigenvalue weighted by Crippen LogP contribution is 2.33. The van der Waals surface area contributed by atoms with Gasteiger partial charge in [0.15, 0.2) is 0 Å². The van der Waals surface area contributed by atoms with Crippen LogP contribution in [-0.2, 0) is 0 Å². The van der Waals surface area contributed by atoms with Gasteiger partial charge in [-0.15, -0.1) is 8.96 Å². The lowest BCUT2D eigenvalue weighted by molar-refractivity contribution is -0.234. The topological polar surface area (TPSA) is 3.24 Å². The van der Waals surface area contributed by atoms with Crippen LogP contribution in [-0.4, -0.2) is 10.9 Å². The van der Waals surface area contributed by atoms with Gasteiger partial charge in [-0.2, -0.15) is 0 Å². The molecule has 1 aliphatic rings. The molecule has 0 aromatic carbocycles. The zero-order valence-electron chi connectivity index (χ0n) is 6.24. The Morgan fingerprint density at radius 1 is 1.10 bits per heavy atom. The summed E-state index contributed by atoms with van der Waals surface area (Å²) in [6.45, 7) is 1.63. The standard InChI is InChI=1S/C7H13F2N/c1-7(10(8)9)5-3-2-4-6-7/h2-6H2,1H3. The number of hydrogen-bond donors (Lipinski definition) is 0. The van der Waals surface area contributed by atoms with E-state index >= 15 is 0 Å². The summed E-state index contributed by atoms with van der Waals surface area (Å²) in [5, 5.41) is -0.619. The van der Waals surface area contributed by atoms with Crippen LogP contribution in [0.5, 0.6) is 0 Å². The smallest absolute Gasteiger partial charge is 0.0811 e. The van der Waals surface area contributed by atoms with E-state index in [1.165, 1.54) is 0 Å². The van der Waals surface area contributed by atoms with E-state index in [9.17, 15) is 8.96 Å². The highest BCUT2D eigenvalue weighted by Gasteiger charge is 2.34. The minimum atomic E-state index is -0.821. The molecule has 1 saturated carbocycles. The normalized spacial score (nSPS) is 25.2. The molecule has 0 spiro atoms. The average Bonchev–Trinajstić information content (AvgIpc) is 1.89. The molecule has 3 heteroatoms. The van der Waals surface area contributed by atoms with Gasteiger partial charge in [-0.25, -0.2) is 0 Å². The second-order valence-corrected chi connectivity index (χ2v) is 3.29. The highest BCUT2D eigenvalue weighted by atomic mass is 19.4. The molecule has 0 aromatic rings. The predicted octanol–water partition coefficient (Wildman–Crippen LogP) is 2.78. The fourth-order valence-electron chi connectivity index (χ4n) is 1.48. The molecular weight excluding hydrogens is 136 g/mol. The van der Waals surface area contributed by atoms with E-state index in [2.05, 4.69) is 0 Å². The minimum Gasteiger partial charge on any atom is -0.101 e. The summed E-state index contributed by atoms with van der Waals surface area (Å²) in [7, 11) is 0. The first-order valence-corrected chi connectivity index (χ1v) is 3.77. The molecule has 0 bridgehead atoms. The second-order valence-electron chi connectivity index (χ2n) is 3.29. The second kappa shape index (κ2) is 2.82. The monoisotopic (exact) mass is 149 g/mol. The van der Waals surface area contributed by atoms with Crippen molar-refractivity contribution in [1.82, 2.24) is 5.34 Å². The Balaban J connectivity index is 2.48. The van der Waals surface area contributed by atoms with Crippen LogP contribution >= 0.6 is 0 Å².